The number of nitrogens with zero attached hydrogens (tertiary/aromatic N) is 4. The SMILES string of the molecule is CC(C)n1cnc2cncnc21.Nc1ccccc1. The minimum atomic E-state index is 0.393. The highest BCUT2D eigenvalue weighted by atomic mass is 15.1. The van der Waals surface area contributed by atoms with Crippen LogP contribution in [0.2, 0.25) is 0 Å². The predicted octanol–water partition coefficient (Wildman–Crippen LogP) is 2.68. The summed E-state index contributed by atoms with van der Waals surface area (Å²) in [6.45, 7) is 4.20. The Hall–Kier alpha value is -2.43. The van der Waals surface area contributed by atoms with E-state index in [-0.39, 0.29) is 0 Å². The van der Waals surface area contributed by atoms with E-state index < -0.39 is 0 Å². The third kappa shape index (κ3) is 3.28. The first-order valence-electron chi connectivity index (χ1n) is 6.11. The molecule has 0 aliphatic carbocycles. The van der Waals surface area contributed by atoms with Gasteiger partial charge in [0.25, 0.3) is 0 Å². The maximum Gasteiger partial charge on any atom is 0.163 e. The zero-order chi connectivity index (χ0) is 13.7. The first-order chi connectivity index (χ1) is 9.18. The van der Waals surface area contributed by atoms with Crippen LogP contribution in [0.25, 0.3) is 11.2 Å². The highest BCUT2D eigenvalue weighted by Crippen LogP contribution is 2.12. The van der Waals surface area contributed by atoms with Gasteiger partial charge in [-0.2, -0.15) is 0 Å². The van der Waals surface area contributed by atoms with E-state index >= 15 is 0 Å². The van der Waals surface area contributed by atoms with Crippen LogP contribution in [0.4, 0.5) is 5.69 Å². The Bertz CT molecular complexity index is 630. The first-order valence-corrected chi connectivity index (χ1v) is 6.11. The van der Waals surface area contributed by atoms with Crippen molar-refractivity contribution in [2.75, 3.05) is 5.73 Å². The Morgan fingerprint density at radius 3 is 2.42 bits per heavy atom. The van der Waals surface area contributed by atoms with Gasteiger partial charge in [0, 0.05) is 11.7 Å². The van der Waals surface area contributed by atoms with Crippen LogP contribution in [0.5, 0.6) is 0 Å². The van der Waals surface area contributed by atoms with Crippen LogP contribution in [0, 0.1) is 0 Å². The van der Waals surface area contributed by atoms with Gasteiger partial charge in [-0.25, -0.2) is 15.0 Å². The lowest BCUT2D eigenvalue weighted by Crippen LogP contribution is -1.99. The number of imidazole rings is 1. The highest BCUT2D eigenvalue weighted by Gasteiger charge is 2.04. The standard InChI is InChI=1S/C8H10N4.C6H7N/c1-6(2)12-5-11-7-3-9-4-10-8(7)12;7-6-4-2-1-3-5-6/h3-6H,1-2H3;1-5H,7H2. The van der Waals surface area contributed by atoms with Crippen molar-refractivity contribution in [3.05, 3.63) is 49.2 Å². The maximum atomic E-state index is 5.36. The van der Waals surface area contributed by atoms with E-state index in [1.165, 1.54) is 0 Å². The first kappa shape index (κ1) is 13.0. The van der Waals surface area contributed by atoms with Crippen LogP contribution >= 0.6 is 0 Å². The average molecular weight is 255 g/mol. The van der Waals surface area contributed by atoms with Gasteiger partial charge in [0.2, 0.25) is 0 Å². The molecule has 5 nitrogen and oxygen atoms in total. The van der Waals surface area contributed by atoms with Crippen LogP contribution in [0.3, 0.4) is 0 Å². The lowest BCUT2D eigenvalue weighted by molar-refractivity contribution is 0.612. The molecule has 98 valence electrons. The number of aromatic nitrogens is 4. The Morgan fingerprint density at radius 2 is 1.84 bits per heavy atom. The van der Waals surface area contributed by atoms with Gasteiger partial charge in [-0.3, -0.25) is 0 Å². The molecular weight excluding hydrogens is 238 g/mol. The second-order valence-corrected chi connectivity index (χ2v) is 4.39. The number of fused-ring (bicyclic) bond motifs is 1. The molecule has 1 aromatic carbocycles. The van der Waals surface area contributed by atoms with Crippen LogP contribution in [0.1, 0.15) is 19.9 Å². The topological polar surface area (TPSA) is 69.6 Å². The lowest BCUT2D eigenvalue weighted by atomic mass is 10.3. The van der Waals surface area contributed by atoms with E-state index in [4.69, 9.17) is 5.73 Å². The van der Waals surface area contributed by atoms with E-state index in [9.17, 15) is 0 Å². The van der Waals surface area contributed by atoms with Crippen molar-refractivity contribution in [2.45, 2.75) is 19.9 Å². The Morgan fingerprint density at radius 1 is 1.11 bits per heavy atom. The fraction of sp³-hybridized carbons (Fsp3) is 0.214. The number of nitrogens with two attached hydrogens (primary N) is 1. The molecule has 0 saturated heterocycles. The van der Waals surface area contributed by atoms with Gasteiger partial charge in [0.1, 0.15) is 11.8 Å². The predicted molar refractivity (Wildman–Crippen MR) is 76.6 cm³/mol. The molecule has 0 radical (unpaired) electrons. The number of hydrogen-bond donors (Lipinski definition) is 1. The molecule has 2 N–H and O–H groups in total. The van der Waals surface area contributed by atoms with E-state index in [0.717, 1.165) is 16.9 Å². The quantitative estimate of drug-likeness (QED) is 0.679. The lowest BCUT2D eigenvalue weighted by Gasteiger charge is -2.05. The van der Waals surface area contributed by atoms with Crippen molar-refractivity contribution < 1.29 is 0 Å². The normalized spacial score (nSPS) is 10.3. The summed E-state index contributed by atoms with van der Waals surface area (Å²) in [5.74, 6) is 0. The molecular formula is C14H17N5. The summed E-state index contributed by atoms with van der Waals surface area (Å²) in [4.78, 5) is 12.2. The smallest absolute Gasteiger partial charge is 0.163 e. The van der Waals surface area contributed by atoms with Crippen molar-refractivity contribution in [3.8, 4) is 0 Å². The van der Waals surface area contributed by atoms with Crippen LogP contribution in [0.15, 0.2) is 49.2 Å². The van der Waals surface area contributed by atoms with E-state index in [1.54, 1.807) is 18.9 Å². The molecule has 3 rings (SSSR count). The number of anilines is 1. The van der Waals surface area contributed by atoms with Crippen LogP contribution in [-0.2, 0) is 0 Å². The third-order valence-corrected chi connectivity index (χ3v) is 2.59. The number of benzene rings is 1. The molecule has 0 unspecified atom stereocenters. The zero-order valence-electron chi connectivity index (χ0n) is 11.1. The zero-order valence-corrected chi connectivity index (χ0v) is 11.1. The summed E-state index contributed by atoms with van der Waals surface area (Å²) < 4.78 is 2.02. The summed E-state index contributed by atoms with van der Waals surface area (Å²) in [6.07, 6.45) is 5.06. The van der Waals surface area contributed by atoms with Gasteiger partial charge >= 0.3 is 0 Å². The highest BCUT2D eigenvalue weighted by molar-refractivity contribution is 5.68. The van der Waals surface area contributed by atoms with Crippen LogP contribution < -0.4 is 5.73 Å². The van der Waals surface area contributed by atoms with E-state index in [0.29, 0.717) is 6.04 Å². The van der Waals surface area contributed by atoms with Gasteiger partial charge in [0.05, 0.1) is 12.5 Å². The fourth-order valence-corrected chi connectivity index (χ4v) is 1.62. The molecule has 3 aromatic rings. The second-order valence-electron chi connectivity index (χ2n) is 4.39. The van der Waals surface area contributed by atoms with Gasteiger partial charge in [0.15, 0.2) is 5.65 Å². The number of rotatable bonds is 1. The van der Waals surface area contributed by atoms with Gasteiger partial charge in [-0.1, -0.05) is 18.2 Å². The van der Waals surface area contributed by atoms with E-state index in [1.807, 2.05) is 34.9 Å². The molecule has 0 fully saturated rings. The third-order valence-electron chi connectivity index (χ3n) is 2.59. The van der Waals surface area contributed by atoms with Crippen molar-refractivity contribution in [2.24, 2.45) is 0 Å². The van der Waals surface area contributed by atoms with Gasteiger partial charge in [-0.15, -0.1) is 0 Å². The summed E-state index contributed by atoms with van der Waals surface area (Å²) in [7, 11) is 0. The van der Waals surface area contributed by atoms with Crippen molar-refractivity contribution in [1.29, 1.82) is 0 Å². The monoisotopic (exact) mass is 255 g/mol. The molecule has 0 atom stereocenters. The molecule has 0 spiro atoms. The van der Waals surface area contributed by atoms with Gasteiger partial charge in [-0.05, 0) is 26.0 Å². The van der Waals surface area contributed by atoms with Crippen molar-refractivity contribution in [3.63, 3.8) is 0 Å². The summed E-state index contributed by atoms with van der Waals surface area (Å²) in [5, 5.41) is 0. The molecule has 0 aliphatic heterocycles. The minimum absolute atomic E-state index is 0.393. The average Bonchev–Trinajstić information content (AvgIpc) is 2.84. The molecule has 19 heavy (non-hydrogen) atoms. The van der Waals surface area contributed by atoms with E-state index in [2.05, 4.69) is 28.8 Å². The summed E-state index contributed by atoms with van der Waals surface area (Å²) in [5.41, 5.74) is 7.94. The number of para-hydroxylation sites is 1. The molecule has 2 heterocycles. The molecule has 0 amide bonds. The Kier molecular flexibility index (Phi) is 4.07. The van der Waals surface area contributed by atoms with Gasteiger partial charge < -0.3 is 10.3 Å². The number of hydrogen-bond acceptors (Lipinski definition) is 4. The molecule has 0 saturated carbocycles. The molecule has 5 heteroatoms. The van der Waals surface area contributed by atoms with Crippen LogP contribution in [-0.4, -0.2) is 19.5 Å². The second kappa shape index (κ2) is 5.95. The molecule has 0 aliphatic rings. The van der Waals surface area contributed by atoms with Crippen molar-refractivity contribution in [1.82, 2.24) is 19.5 Å². The summed E-state index contributed by atoms with van der Waals surface area (Å²) >= 11 is 0. The fourth-order valence-electron chi connectivity index (χ4n) is 1.62. The Balaban J connectivity index is 0.000000163. The molecule has 0 bridgehead atoms. The largest absolute Gasteiger partial charge is 0.399 e. The minimum Gasteiger partial charge on any atom is -0.399 e. The van der Waals surface area contributed by atoms with Crippen molar-refractivity contribution >= 4 is 16.9 Å². The summed E-state index contributed by atoms with van der Waals surface area (Å²) in [6, 6.07) is 9.88. The Labute approximate surface area is 112 Å². The maximum absolute atomic E-state index is 5.36. The number of nitrogen functional groups attached to an aromatic ring is 1. The molecule has 2 aromatic heterocycles.